The van der Waals surface area contributed by atoms with Gasteiger partial charge < -0.3 is 19.8 Å². The fourth-order valence-electron chi connectivity index (χ4n) is 3.32. The molecule has 1 fully saturated rings. The van der Waals surface area contributed by atoms with E-state index < -0.39 is 12.1 Å². The highest BCUT2D eigenvalue weighted by molar-refractivity contribution is 6.33. The molecule has 2 N–H and O–H groups in total. The number of hydrogen-bond donors (Lipinski definition) is 2. The van der Waals surface area contributed by atoms with Crippen LogP contribution < -0.4 is 9.64 Å². The second kappa shape index (κ2) is 7.61. The minimum absolute atomic E-state index is 0.0841. The number of nitrogens with zero attached hydrogens (tertiary/aromatic N) is 3. The molecule has 144 valence electrons. The lowest BCUT2D eigenvalue weighted by molar-refractivity contribution is 0.0241. The average molecular weight is 400 g/mol. The summed E-state index contributed by atoms with van der Waals surface area (Å²) in [6.07, 6.45) is 1.20. The lowest BCUT2D eigenvalue weighted by Crippen LogP contribution is -2.49. The van der Waals surface area contributed by atoms with Crippen LogP contribution in [0, 0.1) is 0 Å². The summed E-state index contributed by atoms with van der Waals surface area (Å²) < 4.78 is 6.00. The molecule has 8 heteroatoms. The Hall–Kier alpha value is -2.90. The number of halogens is 1. The molecule has 4 rings (SSSR count). The molecule has 7 nitrogen and oxygen atoms in total. The second-order valence-electron chi connectivity index (χ2n) is 6.62. The first-order valence-electron chi connectivity index (χ1n) is 8.85. The van der Waals surface area contributed by atoms with Gasteiger partial charge in [-0.2, -0.15) is 0 Å². The number of fused-ring (bicyclic) bond motifs is 1. The van der Waals surface area contributed by atoms with Crippen molar-refractivity contribution in [2.45, 2.75) is 18.6 Å². The van der Waals surface area contributed by atoms with Crippen LogP contribution in [0.5, 0.6) is 5.75 Å². The van der Waals surface area contributed by atoms with E-state index in [-0.39, 0.29) is 23.4 Å². The van der Waals surface area contributed by atoms with Crippen molar-refractivity contribution in [2.24, 2.45) is 0 Å². The Labute approximate surface area is 166 Å². The maximum atomic E-state index is 11.2. The minimum atomic E-state index is -1.18. The maximum Gasteiger partial charge on any atom is 0.356 e. The first-order valence-corrected chi connectivity index (χ1v) is 9.23. The number of aromatic carboxylic acids is 1. The number of aliphatic hydroxyl groups excluding tert-OH is 1. The Kier molecular flexibility index (Phi) is 5.02. The molecule has 0 bridgehead atoms. The predicted octanol–water partition coefficient (Wildman–Crippen LogP) is 3.00. The van der Waals surface area contributed by atoms with Crippen LogP contribution in [-0.2, 0) is 0 Å². The van der Waals surface area contributed by atoms with Gasteiger partial charge in [-0.05, 0) is 36.4 Å². The molecule has 3 heterocycles. The Bertz CT molecular complexity index is 1030. The van der Waals surface area contributed by atoms with E-state index in [0.29, 0.717) is 24.5 Å². The van der Waals surface area contributed by atoms with Crippen LogP contribution in [0.1, 0.15) is 16.9 Å². The van der Waals surface area contributed by atoms with E-state index >= 15 is 0 Å². The molecule has 0 amide bonds. The lowest BCUT2D eigenvalue weighted by atomic mass is 10.0. The molecule has 0 spiro atoms. The lowest BCUT2D eigenvalue weighted by Gasteiger charge is -2.36. The molecule has 2 atom stereocenters. The van der Waals surface area contributed by atoms with E-state index in [1.165, 1.54) is 6.07 Å². The van der Waals surface area contributed by atoms with Crippen molar-refractivity contribution >= 4 is 34.3 Å². The van der Waals surface area contributed by atoms with Crippen LogP contribution in [-0.4, -0.2) is 51.4 Å². The third-order valence-corrected chi connectivity index (χ3v) is 5.04. The summed E-state index contributed by atoms with van der Waals surface area (Å²) in [5.41, 5.74) is 0.685. The van der Waals surface area contributed by atoms with Gasteiger partial charge in [0.05, 0.1) is 10.5 Å². The van der Waals surface area contributed by atoms with Crippen molar-refractivity contribution in [1.82, 2.24) is 9.97 Å². The molecule has 3 aromatic rings. The van der Waals surface area contributed by atoms with E-state index in [1.54, 1.807) is 12.3 Å². The van der Waals surface area contributed by atoms with Gasteiger partial charge in [0.25, 0.3) is 0 Å². The van der Waals surface area contributed by atoms with Crippen LogP contribution >= 0.6 is 11.6 Å². The fourth-order valence-corrected chi connectivity index (χ4v) is 3.50. The summed E-state index contributed by atoms with van der Waals surface area (Å²) in [6, 6.07) is 12.6. The van der Waals surface area contributed by atoms with Crippen molar-refractivity contribution in [1.29, 1.82) is 0 Å². The molecule has 1 aromatic carbocycles. The van der Waals surface area contributed by atoms with E-state index in [9.17, 15) is 15.0 Å². The van der Waals surface area contributed by atoms with Crippen LogP contribution in [0.3, 0.4) is 0 Å². The first kappa shape index (κ1) is 18.5. The van der Waals surface area contributed by atoms with Gasteiger partial charge in [-0.25, -0.2) is 9.78 Å². The molecule has 0 unspecified atom stereocenters. The number of ether oxygens (including phenoxy) is 1. The third-order valence-electron chi connectivity index (χ3n) is 4.74. The molecular weight excluding hydrogens is 382 g/mol. The van der Waals surface area contributed by atoms with E-state index in [0.717, 1.165) is 10.9 Å². The van der Waals surface area contributed by atoms with Crippen LogP contribution in [0.15, 0.2) is 48.7 Å². The van der Waals surface area contributed by atoms with E-state index in [2.05, 4.69) is 9.97 Å². The number of aliphatic hydroxyl groups is 1. The standard InChI is InChI=1S/C20H18ClN3O4/c21-14-4-6-18(23-19(14)20(26)27)24-9-7-17(16(25)11-24)28-13-3-5-15-12(10-13)2-1-8-22-15/h1-6,8,10,16-17,25H,7,9,11H2,(H,26,27)/t16-,17-/m1/s1. The zero-order valence-corrected chi connectivity index (χ0v) is 15.6. The van der Waals surface area contributed by atoms with Crippen molar-refractivity contribution < 1.29 is 19.7 Å². The molecule has 0 saturated carbocycles. The zero-order chi connectivity index (χ0) is 19.7. The predicted molar refractivity (Wildman–Crippen MR) is 105 cm³/mol. The molecule has 1 saturated heterocycles. The molecule has 1 aliphatic heterocycles. The molecule has 28 heavy (non-hydrogen) atoms. The number of carbonyl (C=O) groups is 1. The Morgan fingerprint density at radius 3 is 2.89 bits per heavy atom. The number of rotatable bonds is 4. The van der Waals surface area contributed by atoms with Crippen molar-refractivity contribution in [3.8, 4) is 5.75 Å². The number of β-amino-alcohol motifs (C(OH)–C–C–N with tert-alkyl or cyclic N) is 1. The topological polar surface area (TPSA) is 95.8 Å². The monoisotopic (exact) mass is 399 g/mol. The summed E-state index contributed by atoms with van der Waals surface area (Å²) >= 11 is 5.88. The Balaban J connectivity index is 1.46. The molecule has 0 aliphatic carbocycles. The van der Waals surface area contributed by atoms with Crippen LogP contribution in [0.25, 0.3) is 10.9 Å². The van der Waals surface area contributed by atoms with Gasteiger partial charge in [0.2, 0.25) is 0 Å². The molecule has 0 radical (unpaired) electrons. The van der Waals surface area contributed by atoms with Gasteiger partial charge in [-0.1, -0.05) is 17.7 Å². The highest BCUT2D eigenvalue weighted by Crippen LogP contribution is 2.26. The summed E-state index contributed by atoms with van der Waals surface area (Å²) in [5.74, 6) is -0.0386. The number of carboxylic acid groups (broad SMARTS) is 1. The van der Waals surface area contributed by atoms with Crippen LogP contribution in [0.2, 0.25) is 5.02 Å². The smallest absolute Gasteiger partial charge is 0.356 e. The number of hydrogen-bond acceptors (Lipinski definition) is 6. The van der Waals surface area contributed by atoms with Crippen molar-refractivity contribution in [2.75, 3.05) is 18.0 Å². The largest absolute Gasteiger partial charge is 0.488 e. The Morgan fingerprint density at radius 2 is 2.11 bits per heavy atom. The molecule has 1 aliphatic rings. The number of piperidine rings is 1. The third kappa shape index (κ3) is 3.72. The fraction of sp³-hybridized carbons (Fsp3) is 0.250. The van der Waals surface area contributed by atoms with Gasteiger partial charge in [-0.15, -0.1) is 0 Å². The van der Waals surface area contributed by atoms with Gasteiger partial charge in [0.15, 0.2) is 5.69 Å². The molecular formula is C20H18ClN3O4. The first-order chi connectivity index (χ1) is 13.5. The van der Waals surface area contributed by atoms with Crippen molar-refractivity contribution in [3.63, 3.8) is 0 Å². The van der Waals surface area contributed by atoms with Gasteiger partial charge >= 0.3 is 5.97 Å². The van der Waals surface area contributed by atoms with Gasteiger partial charge in [0.1, 0.15) is 23.8 Å². The summed E-state index contributed by atoms with van der Waals surface area (Å²) in [6.45, 7) is 0.859. The number of pyridine rings is 2. The quantitative estimate of drug-likeness (QED) is 0.696. The van der Waals surface area contributed by atoms with Crippen molar-refractivity contribution in [3.05, 3.63) is 59.4 Å². The van der Waals surface area contributed by atoms with E-state index in [1.807, 2.05) is 35.2 Å². The number of anilines is 1. The minimum Gasteiger partial charge on any atom is -0.488 e. The Morgan fingerprint density at radius 1 is 1.25 bits per heavy atom. The molecule has 2 aromatic heterocycles. The van der Waals surface area contributed by atoms with Gasteiger partial charge in [0, 0.05) is 31.1 Å². The maximum absolute atomic E-state index is 11.2. The zero-order valence-electron chi connectivity index (χ0n) is 14.8. The van der Waals surface area contributed by atoms with Gasteiger partial charge in [-0.3, -0.25) is 4.98 Å². The van der Waals surface area contributed by atoms with Crippen LogP contribution in [0.4, 0.5) is 5.82 Å². The highest BCUT2D eigenvalue weighted by Gasteiger charge is 2.30. The number of carboxylic acids is 1. The summed E-state index contributed by atoms with van der Waals surface area (Å²) in [4.78, 5) is 21.5. The number of benzene rings is 1. The summed E-state index contributed by atoms with van der Waals surface area (Å²) in [5, 5.41) is 20.8. The number of aromatic nitrogens is 2. The SMILES string of the molecule is O=C(O)c1nc(N2CC[C@@H](Oc3ccc4ncccc4c3)[C@H](O)C2)ccc1Cl. The highest BCUT2D eigenvalue weighted by atomic mass is 35.5. The second-order valence-corrected chi connectivity index (χ2v) is 7.03. The normalized spacial score (nSPS) is 19.6. The average Bonchev–Trinajstić information content (AvgIpc) is 2.69. The summed E-state index contributed by atoms with van der Waals surface area (Å²) in [7, 11) is 0. The van der Waals surface area contributed by atoms with E-state index in [4.69, 9.17) is 16.3 Å².